The van der Waals surface area contributed by atoms with Crippen LogP contribution in [0, 0.1) is 0 Å². The Morgan fingerprint density at radius 2 is 2.18 bits per heavy atom. The number of amides is 1. The van der Waals surface area contributed by atoms with Gasteiger partial charge < -0.3 is 10.1 Å². The van der Waals surface area contributed by atoms with E-state index in [1.807, 2.05) is 24.3 Å². The number of halogens is 3. The topological polar surface area (TPSA) is 70.2 Å². The Kier molecular flexibility index (Phi) is 8.35. The highest BCUT2D eigenvalue weighted by atomic mass is 35.5. The van der Waals surface area contributed by atoms with Gasteiger partial charge in [-0.2, -0.15) is 0 Å². The number of carbonyl (C=O) groups excluding carboxylic acids is 1. The van der Waals surface area contributed by atoms with Crippen LogP contribution in [0.3, 0.4) is 0 Å². The van der Waals surface area contributed by atoms with Crippen molar-refractivity contribution in [2.24, 2.45) is 0 Å². The number of hydrogen-bond donors (Lipinski definition) is 3. The van der Waals surface area contributed by atoms with Crippen LogP contribution in [0.15, 0.2) is 40.5 Å². The zero-order valence-corrected chi connectivity index (χ0v) is 18.2. The third kappa shape index (κ3) is 6.84. The minimum Gasteiger partial charge on any atom is -0.374 e. The fourth-order valence-electron chi connectivity index (χ4n) is 2.85. The number of carbonyl (C=O) groups is 1. The van der Waals surface area contributed by atoms with Crippen molar-refractivity contribution < 1.29 is 15.0 Å². The average molecular weight is 465 g/mol. The number of hydrogen-bond acceptors (Lipinski definition) is 5. The van der Waals surface area contributed by atoms with Gasteiger partial charge in [0.15, 0.2) is 0 Å². The van der Waals surface area contributed by atoms with Gasteiger partial charge in [-0.05, 0) is 35.4 Å². The smallest absolute Gasteiger partial charge is 0.230 e. The minimum absolute atomic E-state index is 0.0291. The highest BCUT2D eigenvalue weighted by Gasteiger charge is 2.21. The average Bonchev–Trinajstić information content (AvgIpc) is 2.69. The summed E-state index contributed by atoms with van der Waals surface area (Å²) in [5.41, 5.74) is 5.84. The molecule has 0 aromatic heterocycles. The first-order chi connectivity index (χ1) is 13.5. The molecule has 2 aliphatic heterocycles. The van der Waals surface area contributed by atoms with E-state index in [1.54, 1.807) is 11.5 Å². The van der Waals surface area contributed by atoms with E-state index < -0.39 is 0 Å². The molecule has 6 nitrogen and oxygen atoms in total. The molecule has 1 aromatic rings. The first kappa shape index (κ1) is 21.8. The monoisotopic (exact) mass is 463 g/mol. The molecule has 1 fully saturated rings. The van der Waals surface area contributed by atoms with E-state index in [-0.39, 0.29) is 12.0 Å². The number of thioether (sulfide) groups is 1. The van der Waals surface area contributed by atoms with E-state index in [2.05, 4.69) is 15.6 Å². The maximum atomic E-state index is 12.1. The summed E-state index contributed by atoms with van der Waals surface area (Å²) in [6.45, 7) is 3.48. The fourth-order valence-corrected chi connectivity index (χ4v) is 3.98. The highest BCUT2D eigenvalue weighted by molar-refractivity contribution is 8.03. The fraction of sp³-hybridized carbons (Fsp3) is 0.389. The molecule has 1 aromatic carbocycles. The Balaban J connectivity index is 1.39. The van der Waals surface area contributed by atoms with Crippen molar-refractivity contribution in [3.05, 3.63) is 56.1 Å². The van der Waals surface area contributed by atoms with Gasteiger partial charge in [-0.25, -0.2) is 10.9 Å². The SMILES string of the molecule is O=C(CSC1=CC=C(Cl)[NH2+]N1)NCC1CN(Cc2ccc(Cl)c(Cl)c2)CCO1. The van der Waals surface area contributed by atoms with Crippen LogP contribution in [-0.2, 0) is 16.1 Å². The van der Waals surface area contributed by atoms with E-state index in [4.69, 9.17) is 39.5 Å². The zero-order chi connectivity index (χ0) is 19.9. The van der Waals surface area contributed by atoms with E-state index >= 15 is 0 Å². The summed E-state index contributed by atoms with van der Waals surface area (Å²) in [4.78, 5) is 14.4. The Bertz CT molecular complexity index is 775. The van der Waals surface area contributed by atoms with Crippen molar-refractivity contribution in [2.75, 3.05) is 32.0 Å². The summed E-state index contributed by atoms with van der Waals surface area (Å²) in [6, 6.07) is 5.68. The van der Waals surface area contributed by atoms with E-state index in [0.717, 1.165) is 30.2 Å². The number of benzene rings is 1. The normalized spacial score (nSPS) is 20.2. The van der Waals surface area contributed by atoms with Crippen molar-refractivity contribution in [3.63, 3.8) is 0 Å². The van der Waals surface area contributed by atoms with Crippen LogP contribution in [0.5, 0.6) is 0 Å². The molecular weight excluding hydrogens is 443 g/mol. The van der Waals surface area contributed by atoms with Gasteiger partial charge in [-0.1, -0.05) is 41.0 Å². The molecule has 0 saturated carbocycles. The number of rotatable bonds is 7. The number of nitrogens with two attached hydrogens (primary N) is 1. The molecule has 4 N–H and O–H groups in total. The molecule has 10 heteroatoms. The number of ether oxygens (including phenoxy) is 1. The summed E-state index contributed by atoms with van der Waals surface area (Å²) in [5, 5.41) is 5.59. The number of nitrogens with zero attached hydrogens (tertiary/aromatic N) is 1. The molecule has 1 saturated heterocycles. The van der Waals surface area contributed by atoms with Crippen molar-refractivity contribution in [1.29, 1.82) is 0 Å². The molecule has 28 heavy (non-hydrogen) atoms. The Morgan fingerprint density at radius 1 is 1.32 bits per heavy atom. The molecule has 0 bridgehead atoms. The van der Waals surface area contributed by atoms with E-state index in [1.165, 1.54) is 11.8 Å². The molecule has 2 aliphatic rings. The Hall–Kier alpha value is -0.930. The maximum Gasteiger partial charge on any atom is 0.230 e. The van der Waals surface area contributed by atoms with Crippen molar-refractivity contribution >= 4 is 52.5 Å². The molecular formula is C18H22Cl3N4O2S+. The lowest BCUT2D eigenvalue weighted by Gasteiger charge is -2.33. The van der Waals surface area contributed by atoms with Crippen LogP contribution in [0.2, 0.25) is 10.0 Å². The number of morpholine rings is 1. The summed E-state index contributed by atoms with van der Waals surface area (Å²) >= 11 is 19.3. The van der Waals surface area contributed by atoms with Gasteiger partial charge in [0, 0.05) is 32.3 Å². The van der Waals surface area contributed by atoms with Gasteiger partial charge in [0.25, 0.3) is 0 Å². The molecule has 2 heterocycles. The lowest BCUT2D eigenvalue weighted by molar-refractivity contribution is -0.649. The molecule has 1 unspecified atom stereocenters. The standard InChI is InChI=1S/C18H21Cl3N4O2S/c19-14-2-1-12(7-15(14)20)9-25-5-6-27-13(10-25)8-22-17(26)11-28-18-4-3-16(21)23-24-18/h1-4,7,13,23-24H,5-6,8-11H2,(H,22,26)/p+1. The van der Waals surface area contributed by atoms with Crippen molar-refractivity contribution in [3.8, 4) is 0 Å². The van der Waals surface area contributed by atoms with Crippen LogP contribution in [0.1, 0.15) is 5.56 Å². The largest absolute Gasteiger partial charge is 0.374 e. The summed E-state index contributed by atoms with van der Waals surface area (Å²) < 4.78 is 5.78. The van der Waals surface area contributed by atoms with Crippen LogP contribution in [-0.4, -0.2) is 48.9 Å². The number of nitrogens with one attached hydrogen (secondary N) is 2. The van der Waals surface area contributed by atoms with E-state index in [0.29, 0.717) is 34.1 Å². The van der Waals surface area contributed by atoms with Gasteiger partial charge in [0.1, 0.15) is 5.03 Å². The molecule has 0 aliphatic carbocycles. The molecule has 152 valence electrons. The van der Waals surface area contributed by atoms with Gasteiger partial charge in [0.2, 0.25) is 11.1 Å². The second-order valence-corrected chi connectivity index (χ2v) is 8.71. The maximum absolute atomic E-state index is 12.1. The summed E-state index contributed by atoms with van der Waals surface area (Å²) in [6.07, 6.45) is 3.61. The van der Waals surface area contributed by atoms with Crippen LogP contribution >= 0.6 is 46.6 Å². The van der Waals surface area contributed by atoms with Gasteiger partial charge >= 0.3 is 0 Å². The second kappa shape index (κ2) is 10.7. The van der Waals surface area contributed by atoms with Crippen molar-refractivity contribution in [2.45, 2.75) is 12.6 Å². The van der Waals surface area contributed by atoms with Crippen LogP contribution in [0.25, 0.3) is 0 Å². The predicted molar refractivity (Wildman–Crippen MR) is 114 cm³/mol. The lowest BCUT2D eigenvalue weighted by atomic mass is 10.2. The molecule has 1 amide bonds. The van der Waals surface area contributed by atoms with Crippen LogP contribution < -0.4 is 16.2 Å². The van der Waals surface area contributed by atoms with Gasteiger partial charge in [-0.3, -0.25) is 9.69 Å². The zero-order valence-electron chi connectivity index (χ0n) is 15.1. The van der Waals surface area contributed by atoms with Crippen molar-refractivity contribution in [1.82, 2.24) is 15.6 Å². The molecule has 0 radical (unpaired) electrons. The summed E-state index contributed by atoms with van der Waals surface area (Å²) in [7, 11) is 0. The minimum atomic E-state index is -0.0347. The van der Waals surface area contributed by atoms with Crippen LogP contribution in [0.4, 0.5) is 0 Å². The summed E-state index contributed by atoms with van der Waals surface area (Å²) in [5.74, 6) is 0.302. The quantitative estimate of drug-likeness (QED) is 0.426. The third-order valence-corrected chi connectivity index (χ3v) is 6.19. The highest BCUT2D eigenvalue weighted by Crippen LogP contribution is 2.23. The number of quaternary nitrogens is 1. The number of allylic oxidation sites excluding steroid dienone is 2. The molecule has 1 atom stereocenters. The molecule has 3 rings (SSSR count). The second-order valence-electron chi connectivity index (χ2n) is 6.44. The third-order valence-electron chi connectivity index (χ3n) is 4.25. The Labute approximate surface area is 183 Å². The first-order valence-electron chi connectivity index (χ1n) is 8.84. The first-order valence-corrected chi connectivity index (χ1v) is 11.0. The Morgan fingerprint density at radius 3 is 2.93 bits per heavy atom. The molecule has 0 spiro atoms. The van der Waals surface area contributed by atoms with Gasteiger partial charge in [-0.15, -0.1) is 0 Å². The van der Waals surface area contributed by atoms with E-state index in [9.17, 15) is 4.79 Å². The van der Waals surface area contributed by atoms with Gasteiger partial charge in [0.05, 0.1) is 28.5 Å². The lowest BCUT2D eigenvalue weighted by Crippen LogP contribution is -2.90. The predicted octanol–water partition coefficient (Wildman–Crippen LogP) is 2.05.